The number of benzene rings is 1. The summed E-state index contributed by atoms with van der Waals surface area (Å²) >= 11 is 0. The molecule has 0 fully saturated rings. The molecule has 0 saturated carbocycles. The molecule has 0 spiro atoms. The fourth-order valence-corrected chi connectivity index (χ4v) is 12.3. The highest BCUT2D eigenvalue weighted by atomic mass is 16.6. The van der Waals surface area contributed by atoms with Gasteiger partial charge in [-0.05, 0) is 252 Å². The van der Waals surface area contributed by atoms with Crippen LogP contribution in [0.15, 0.2) is 158 Å². The lowest BCUT2D eigenvalue weighted by molar-refractivity contribution is -0.148. The number of Topliss-reactive ketones (excluding diaryl/α,β-unsaturated/α-hetero) is 4. The van der Waals surface area contributed by atoms with Crippen molar-refractivity contribution < 1.29 is 124 Å². The van der Waals surface area contributed by atoms with Crippen molar-refractivity contribution in [1.29, 1.82) is 0 Å². The molecule has 1 aromatic rings. The highest BCUT2D eigenvalue weighted by Gasteiger charge is 2.26. The van der Waals surface area contributed by atoms with E-state index in [1.165, 1.54) is 121 Å². The molecule has 0 aliphatic carbocycles. The van der Waals surface area contributed by atoms with Gasteiger partial charge in [0.25, 0.3) is 0 Å². The molecule has 141 heavy (non-hydrogen) atoms. The number of ketones is 4. The van der Waals surface area contributed by atoms with Gasteiger partial charge in [-0.1, -0.05) is 258 Å². The number of carbonyl (C=O) groups excluding carboxylic acids is 14. The first-order valence-electron chi connectivity index (χ1n) is 51.7. The second-order valence-electron chi connectivity index (χ2n) is 33.9. The van der Waals surface area contributed by atoms with Crippen molar-refractivity contribution in [2.45, 2.75) is 379 Å². The van der Waals surface area contributed by atoms with E-state index in [0.29, 0.717) is 63.3 Å². The van der Waals surface area contributed by atoms with Crippen molar-refractivity contribution in [2.75, 3.05) is 93.0 Å². The maximum atomic E-state index is 12.5. The highest BCUT2D eigenvalue weighted by Crippen LogP contribution is 2.21. The molecule has 0 aliphatic heterocycles. The zero-order valence-electron chi connectivity index (χ0n) is 91.8. The van der Waals surface area contributed by atoms with Crippen LogP contribution in [0, 0.1) is 11.8 Å². The monoisotopic (exact) mass is 1980 g/mol. The molecule has 26 nitrogen and oxygen atoms in total. The van der Waals surface area contributed by atoms with Crippen LogP contribution in [0.3, 0.4) is 0 Å². The van der Waals surface area contributed by atoms with Crippen molar-refractivity contribution in [3.63, 3.8) is 0 Å². The Balaban J connectivity index is -0.000000378. The second kappa shape index (κ2) is 99.8. The van der Waals surface area contributed by atoms with Crippen molar-refractivity contribution in [1.82, 2.24) is 0 Å². The summed E-state index contributed by atoms with van der Waals surface area (Å²) in [5, 5.41) is 0. The summed E-state index contributed by atoms with van der Waals surface area (Å²) in [6, 6.07) is 8.87. The van der Waals surface area contributed by atoms with Crippen LogP contribution in [-0.2, 0) is 119 Å². The van der Waals surface area contributed by atoms with Gasteiger partial charge in [-0.2, -0.15) is 0 Å². The summed E-state index contributed by atoms with van der Waals surface area (Å²) in [7, 11) is 1.59. The molecule has 0 heterocycles. The van der Waals surface area contributed by atoms with E-state index in [2.05, 4.69) is 101 Å². The Morgan fingerprint density at radius 2 is 0.525 bits per heavy atom. The van der Waals surface area contributed by atoms with E-state index >= 15 is 0 Å². The Morgan fingerprint density at radius 3 is 0.837 bits per heavy atom. The van der Waals surface area contributed by atoms with E-state index in [0.717, 1.165) is 121 Å². The fourth-order valence-electron chi connectivity index (χ4n) is 12.3. The van der Waals surface area contributed by atoms with Crippen LogP contribution < -0.4 is 0 Å². The number of hydrogen-bond acceptors (Lipinski definition) is 26. The third-order valence-corrected chi connectivity index (χ3v) is 20.1. The van der Waals surface area contributed by atoms with Crippen LogP contribution >= 0.6 is 0 Å². The molecule has 0 aromatic heterocycles. The Kier molecular flexibility index (Phi) is 100. The summed E-state index contributed by atoms with van der Waals surface area (Å²) in [6.07, 6.45) is 53.3. The molecule has 1 aromatic carbocycles. The van der Waals surface area contributed by atoms with Crippen molar-refractivity contribution in [3.05, 3.63) is 164 Å². The molecule has 2 unspecified atom stereocenters. The summed E-state index contributed by atoms with van der Waals surface area (Å²) in [5.41, 5.74) is 6.14. The number of unbranched alkanes of at least 4 members (excludes halogenated alkanes) is 20. The normalized spacial score (nSPS) is 11.2. The standard InChI is InChI=1S/C19H26O3.C17H30O5.C17H28O4.C17H26O4.C16H26O3.C15H26O4.C14H24O3/c1-3-5-6-7-8-12-15-17(19(21)22-4-2)18(20)16-13-10-9-11-14-16;1-4-5-6-7-8-9-10-16(15(2)18)17(19)22-14-13-21-12-11-20-3;2*1-6-20-16(18)15(17(19)21-7-2)12-11-14(5)10-8-9-13(3)4;1-6-19-16(18)15(14(5)17)11-10-13(4)9-7-8-12(2)3;1-4-7-8-9-10-11-12-13(14(16)18-5-2)15(17)19-6-3;1-4-6-7-8-9-10-11-13(12(3)15)14(16)17-5-2/h9-11,13-15H,3-8,12H2,1-2H3;10H,4-9,11-14H2,1-3H3;9,12,14H,6-8,10-11H2,1-5H3;9,11-12H,6-8,10H2,1-5H3;8,11,13H,6-7,9-10H2,1-5H3;12H,4-11H2,1-3H3;11H,4-10H2,1-3H3/b17-15-;16-10-;;14-11+;15-11-;;13-11-. The van der Waals surface area contributed by atoms with Crippen LogP contribution in [-0.4, -0.2) is 176 Å². The first-order valence-corrected chi connectivity index (χ1v) is 51.7. The summed E-state index contributed by atoms with van der Waals surface area (Å²) < 4.78 is 59.0. The van der Waals surface area contributed by atoms with Gasteiger partial charge in [0, 0.05) is 12.7 Å². The van der Waals surface area contributed by atoms with Gasteiger partial charge in [0.05, 0.1) is 96.0 Å². The first kappa shape index (κ1) is 141. The largest absolute Gasteiger partial charge is 0.462 e. The zero-order valence-corrected chi connectivity index (χ0v) is 91.8. The lowest BCUT2D eigenvalue weighted by Crippen LogP contribution is -2.18. The smallest absolute Gasteiger partial charge is 0.345 e. The van der Waals surface area contributed by atoms with E-state index in [1.54, 1.807) is 136 Å². The first-order chi connectivity index (χ1) is 67.3. The second-order valence-corrected chi connectivity index (χ2v) is 33.9. The van der Waals surface area contributed by atoms with Gasteiger partial charge < -0.3 is 56.8 Å². The third-order valence-electron chi connectivity index (χ3n) is 20.1. The fraction of sp³-hybridized carbons (Fsp3) is 0.635. The maximum Gasteiger partial charge on any atom is 0.345 e. The zero-order chi connectivity index (χ0) is 108. The predicted octanol–water partition coefficient (Wildman–Crippen LogP) is 26.0. The summed E-state index contributed by atoms with van der Waals surface area (Å²) in [5.74, 6) is -5.88. The molecule has 802 valence electrons. The average molecular weight is 1980 g/mol. The van der Waals surface area contributed by atoms with E-state index in [-0.39, 0.29) is 115 Å². The van der Waals surface area contributed by atoms with E-state index in [9.17, 15) is 67.1 Å². The lowest BCUT2D eigenvalue weighted by atomic mass is 9.98. The molecule has 26 heteroatoms. The van der Waals surface area contributed by atoms with E-state index in [4.69, 9.17) is 56.8 Å². The van der Waals surface area contributed by atoms with E-state index < -0.39 is 59.7 Å². The number of carbonyl (C=O) groups is 14. The summed E-state index contributed by atoms with van der Waals surface area (Å²) in [6.45, 7) is 50.7. The average Bonchev–Trinajstić information content (AvgIpc) is 0.849. The van der Waals surface area contributed by atoms with Crippen molar-refractivity contribution in [3.8, 4) is 0 Å². The number of hydrogen-bond donors (Lipinski definition) is 0. The van der Waals surface area contributed by atoms with Crippen LogP contribution in [0.25, 0.3) is 0 Å². The molecular weight excluding hydrogens is 1800 g/mol. The molecule has 1 rings (SSSR count). The molecule has 0 radical (unpaired) electrons. The molecule has 0 saturated heterocycles. The minimum Gasteiger partial charge on any atom is -0.462 e. The Labute approximate surface area is 849 Å². The Bertz CT molecular complexity index is 3930. The van der Waals surface area contributed by atoms with Crippen LogP contribution in [0.1, 0.15) is 389 Å². The van der Waals surface area contributed by atoms with Gasteiger partial charge in [0.2, 0.25) is 0 Å². The number of rotatable bonds is 68. The Hall–Kier alpha value is -10.3. The lowest BCUT2D eigenvalue weighted by Gasteiger charge is -2.09. The third kappa shape index (κ3) is 85.0. The van der Waals surface area contributed by atoms with Gasteiger partial charge in [0.1, 0.15) is 28.9 Å². The minimum absolute atomic E-state index is 0.00719. The molecular formula is C115H186O26. The predicted molar refractivity (Wildman–Crippen MR) is 564 cm³/mol. The quantitative estimate of drug-likeness (QED) is 0.00673. The van der Waals surface area contributed by atoms with Gasteiger partial charge in [-0.15, -0.1) is 0 Å². The maximum absolute atomic E-state index is 12.5. The van der Waals surface area contributed by atoms with Crippen LogP contribution in [0.4, 0.5) is 0 Å². The number of allylic oxidation sites excluding steroid dienone is 15. The van der Waals surface area contributed by atoms with Gasteiger partial charge in [-0.3, -0.25) is 19.2 Å². The SMILES string of the molecule is CCCCCCC/C=C(/C(C)=O)C(=O)OCC.CCCCCCC/C=C(/C(C)=O)C(=O)OCCOCCOC.CCCCCCC/C=C(\C(=O)OCC)C(=O)c1ccccc1.CCCCCCCC=C(C(=O)OCC)C(=O)OCC.CCOC(=O)/C(=C\CC(C)CCC=C(C)C)C(C)=O.CCOC(=O)C(=C/C=C(\C)CCC=C(C)C)C(=O)OCC.CCOC(=O)C(=CCC(C)CCC=C(C)C)C(=O)OCC. The van der Waals surface area contributed by atoms with E-state index in [1.807, 2.05) is 13.0 Å². The van der Waals surface area contributed by atoms with Gasteiger partial charge in [0.15, 0.2) is 23.1 Å². The molecule has 0 amide bonds. The minimum atomic E-state index is -0.649. The van der Waals surface area contributed by atoms with Crippen molar-refractivity contribution in [2.24, 2.45) is 11.8 Å². The van der Waals surface area contributed by atoms with Crippen molar-refractivity contribution >= 4 is 82.8 Å². The number of methoxy groups -OCH3 is 1. The molecule has 0 aliphatic rings. The summed E-state index contributed by atoms with van der Waals surface area (Å²) in [4.78, 5) is 164. The molecule has 0 N–H and O–H groups in total. The van der Waals surface area contributed by atoms with Crippen LogP contribution in [0.5, 0.6) is 0 Å². The Morgan fingerprint density at radius 1 is 0.262 bits per heavy atom. The topological polar surface area (TPSA) is 350 Å². The van der Waals surface area contributed by atoms with Gasteiger partial charge >= 0.3 is 59.7 Å². The molecule has 0 bridgehead atoms. The van der Waals surface area contributed by atoms with Gasteiger partial charge in [-0.25, -0.2) is 47.9 Å². The number of ether oxygens (including phenoxy) is 12. The van der Waals surface area contributed by atoms with Crippen LogP contribution in [0.2, 0.25) is 0 Å². The number of esters is 10. The molecule has 2 atom stereocenters. The highest BCUT2D eigenvalue weighted by molar-refractivity contribution is 6.24.